The Balaban J connectivity index is 1.39. The summed E-state index contributed by atoms with van der Waals surface area (Å²) in [6.07, 6.45) is 3.57. The largest absolute Gasteiger partial charge is 0.360 e. The van der Waals surface area contributed by atoms with E-state index in [2.05, 4.69) is 28.1 Å². The Morgan fingerprint density at radius 1 is 0.906 bits per heavy atom. The van der Waals surface area contributed by atoms with E-state index in [4.69, 9.17) is 28.9 Å². The maximum absolute atomic E-state index is 6.17. The predicted molar refractivity (Wildman–Crippen MR) is 130 cm³/mol. The van der Waals surface area contributed by atoms with Gasteiger partial charge in [0.15, 0.2) is 12.5 Å². The summed E-state index contributed by atoms with van der Waals surface area (Å²) in [4.78, 5) is 7.99. The lowest BCUT2D eigenvalue weighted by Crippen LogP contribution is -3.14. The SMILES string of the molecule is S=c1n(C[NH+]2CCN(c3cccc(Cl)c3)CC2)nc(-c2ccncc2)n1-c1ccccc1. The Morgan fingerprint density at radius 3 is 2.34 bits per heavy atom. The van der Waals surface area contributed by atoms with E-state index in [1.165, 1.54) is 10.6 Å². The normalized spacial score (nSPS) is 14.6. The van der Waals surface area contributed by atoms with Crippen molar-refractivity contribution >= 4 is 29.5 Å². The number of pyridine rings is 1. The average molecular weight is 464 g/mol. The third-order valence-corrected chi connectivity index (χ3v) is 6.44. The summed E-state index contributed by atoms with van der Waals surface area (Å²) in [7, 11) is 0. The van der Waals surface area contributed by atoms with E-state index in [1.54, 1.807) is 12.4 Å². The van der Waals surface area contributed by atoms with Crippen LogP contribution in [0.2, 0.25) is 5.02 Å². The van der Waals surface area contributed by atoms with Crippen molar-refractivity contribution in [1.82, 2.24) is 19.3 Å². The molecule has 2 aromatic heterocycles. The zero-order valence-corrected chi connectivity index (χ0v) is 19.1. The molecular weight excluding hydrogens is 440 g/mol. The first-order valence-corrected chi connectivity index (χ1v) is 11.5. The minimum absolute atomic E-state index is 0.702. The number of aromatic nitrogens is 4. The Labute approximate surface area is 197 Å². The molecule has 0 radical (unpaired) electrons. The monoisotopic (exact) mass is 463 g/mol. The Hall–Kier alpha value is -3.00. The number of quaternary nitrogens is 1. The molecule has 8 heteroatoms. The maximum atomic E-state index is 6.17. The lowest BCUT2D eigenvalue weighted by atomic mass is 10.2. The average Bonchev–Trinajstić information content (AvgIpc) is 3.16. The van der Waals surface area contributed by atoms with Gasteiger partial charge in [0.25, 0.3) is 0 Å². The van der Waals surface area contributed by atoms with E-state index in [0.717, 1.165) is 54.9 Å². The van der Waals surface area contributed by atoms with Crippen molar-refractivity contribution in [3.05, 3.63) is 88.9 Å². The van der Waals surface area contributed by atoms with Gasteiger partial charge in [-0.15, -0.1) is 5.10 Å². The molecule has 0 unspecified atom stereocenters. The molecule has 1 saturated heterocycles. The number of rotatable bonds is 5. The maximum Gasteiger partial charge on any atom is 0.207 e. The van der Waals surface area contributed by atoms with Crippen LogP contribution in [0.5, 0.6) is 0 Å². The molecule has 3 heterocycles. The molecule has 5 rings (SSSR count). The first-order chi connectivity index (χ1) is 15.7. The molecule has 0 amide bonds. The third-order valence-electron chi connectivity index (χ3n) is 5.81. The van der Waals surface area contributed by atoms with E-state index in [-0.39, 0.29) is 0 Å². The number of hydrogen-bond donors (Lipinski definition) is 1. The van der Waals surface area contributed by atoms with Crippen LogP contribution in [0.15, 0.2) is 79.1 Å². The van der Waals surface area contributed by atoms with Crippen LogP contribution in [0.1, 0.15) is 0 Å². The highest BCUT2D eigenvalue weighted by atomic mass is 35.5. The Kier molecular flexibility index (Phi) is 6.03. The van der Waals surface area contributed by atoms with Crippen molar-refractivity contribution in [2.24, 2.45) is 0 Å². The third kappa shape index (κ3) is 4.32. The highest BCUT2D eigenvalue weighted by molar-refractivity contribution is 7.71. The lowest BCUT2D eigenvalue weighted by molar-refractivity contribution is -0.924. The first kappa shape index (κ1) is 20.9. The van der Waals surface area contributed by atoms with Crippen LogP contribution in [0.25, 0.3) is 17.1 Å². The van der Waals surface area contributed by atoms with E-state index >= 15 is 0 Å². The smallest absolute Gasteiger partial charge is 0.207 e. The zero-order valence-electron chi connectivity index (χ0n) is 17.6. The van der Waals surface area contributed by atoms with Gasteiger partial charge in [-0.3, -0.25) is 9.55 Å². The van der Waals surface area contributed by atoms with Crippen molar-refractivity contribution in [2.45, 2.75) is 6.67 Å². The molecule has 1 N–H and O–H groups in total. The van der Waals surface area contributed by atoms with Gasteiger partial charge in [0.05, 0.1) is 26.2 Å². The summed E-state index contributed by atoms with van der Waals surface area (Å²) >= 11 is 12.1. The lowest BCUT2D eigenvalue weighted by Gasteiger charge is -2.33. The highest BCUT2D eigenvalue weighted by Gasteiger charge is 2.23. The minimum atomic E-state index is 0.702. The number of nitrogens with zero attached hydrogens (tertiary/aromatic N) is 5. The van der Waals surface area contributed by atoms with Crippen LogP contribution in [0.3, 0.4) is 0 Å². The molecule has 1 aliphatic rings. The molecule has 162 valence electrons. The van der Waals surface area contributed by atoms with Gasteiger partial charge in [-0.1, -0.05) is 35.9 Å². The van der Waals surface area contributed by atoms with Crippen LogP contribution < -0.4 is 9.80 Å². The number of benzene rings is 2. The fourth-order valence-corrected chi connectivity index (χ4v) is 4.61. The van der Waals surface area contributed by atoms with Crippen molar-refractivity contribution in [3.8, 4) is 17.1 Å². The summed E-state index contributed by atoms with van der Waals surface area (Å²) < 4.78 is 4.71. The number of halogens is 1. The number of anilines is 1. The second kappa shape index (κ2) is 9.24. The van der Waals surface area contributed by atoms with Gasteiger partial charge in [-0.25, -0.2) is 0 Å². The molecule has 0 atom stereocenters. The summed E-state index contributed by atoms with van der Waals surface area (Å²) in [5.74, 6) is 0.834. The second-order valence-electron chi connectivity index (χ2n) is 7.89. The van der Waals surface area contributed by atoms with Crippen LogP contribution in [0.4, 0.5) is 5.69 Å². The quantitative estimate of drug-likeness (QED) is 0.460. The molecule has 0 spiro atoms. The highest BCUT2D eigenvalue weighted by Crippen LogP contribution is 2.22. The van der Waals surface area contributed by atoms with Gasteiger partial charge >= 0.3 is 0 Å². The number of para-hydroxylation sites is 1. The number of piperazine rings is 1. The zero-order chi connectivity index (χ0) is 21.9. The van der Waals surface area contributed by atoms with Crippen LogP contribution in [0, 0.1) is 4.77 Å². The van der Waals surface area contributed by atoms with Crippen LogP contribution >= 0.6 is 23.8 Å². The number of nitrogens with one attached hydrogen (secondary N) is 1. The van der Waals surface area contributed by atoms with Crippen molar-refractivity contribution in [2.75, 3.05) is 31.1 Å². The molecule has 1 fully saturated rings. The summed E-state index contributed by atoms with van der Waals surface area (Å²) in [5.41, 5.74) is 3.19. The van der Waals surface area contributed by atoms with E-state index in [1.807, 2.05) is 57.8 Å². The Bertz CT molecular complexity index is 1250. The molecule has 6 nitrogen and oxygen atoms in total. The van der Waals surface area contributed by atoms with Crippen molar-refractivity contribution in [1.29, 1.82) is 0 Å². The van der Waals surface area contributed by atoms with Gasteiger partial charge in [-0.05, 0) is 54.7 Å². The molecule has 0 bridgehead atoms. The van der Waals surface area contributed by atoms with Crippen molar-refractivity contribution in [3.63, 3.8) is 0 Å². The molecule has 0 saturated carbocycles. The predicted octanol–water partition coefficient (Wildman–Crippen LogP) is 3.48. The molecule has 1 aliphatic heterocycles. The molecule has 2 aromatic carbocycles. The molecule has 0 aliphatic carbocycles. The van der Waals surface area contributed by atoms with E-state index in [9.17, 15) is 0 Å². The minimum Gasteiger partial charge on any atom is -0.360 e. The number of hydrogen-bond acceptors (Lipinski definition) is 4. The van der Waals surface area contributed by atoms with Crippen LogP contribution in [-0.4, -0.2) is 45.5 Å². The molecule has 4 aromatic rings. The van der Waals surface area contributed by atoms with Gasteiger partial charge in [-0.2, -0.15) is 4.68 Å². The van der Waals surface area contributed by atoms with Gasteiger partial charge in [0.1, 0.15) is 0 Å². The summed E-state index contributed by atoms with van der Waals surface area (Å²) in [6, 6.07) is 22.2. The molecular formula is C24H24ClN6S+. The Morgan fingerprint density at radius 2 is 1.62 bits per heavy atom. The fourth-order valence-electron chi connectivity index (χ4n) is 4.13. The van der Waals surface area contributed by atoms with E-state index in [0.29, 0.717) is 4.77 Å². The summed E-state index contributed by atoms with van der Waals surface area (Å²) in [5, 5.41) is 5.71. The fraction of sp³-hybridized carbons (Fsp3) is 0.208. The van der Waals surface area contributed by atoms with Crippen molar-refractivity contribution < 1.29 is 4.90 Å². The van der Waals surface area contributed by atoms with Gasteiger partial charge < -0.3 is 9.80 Å². The van der Waals surface area contributed by atoms with Crippen LogP contribution in [-0.2, 0) is 6.67 Å². The van der Waals surface area contributed by atoms with Gasteiger partial charge in [0.2, 0.25) is 4.77 Å². The standard InChI is InChI=1S/C24H23ClN6S/c25-20-5-4-8-22(17-20)29-15-13-28(14-16-29)18-30-24(32)31(21-6-2-1-3-7-21)23(27-30)19-9-11-26-12-10-19/h1-12,17H,13-16,18H2/p+1. The van der Waals surface area contributed by atoms with Gasteiger partial charge in [0, 0.05) is 34.4 Å². The first-order valence-electron chi connectivity index (χ1n) is 10.7. The van der Waals surface area contributed by atoms with E-state index < -0.39 is 0 Å². The topological polar surface area (TPSA) is 43.3 Å². The molecule has 32 heavy (non-hydrogen) atoms. The summed E-state index contributed by atoms with van der Waals surface area (Å²) in [6.45, 7) is 4.70. The second-order valence-corrected chi connectivity index (χ2v) is 8.69.